The number of nitrogen functional groups attached to an aromatic ring is 1. The first-order valence-electron chi connectivity index (χ1n) is 15.2. The summed E-state index contributed by atoms with van der Waals surface area (Å²) in [7, 11) is 0. The molecule has 236 valence electrons. The quantitative estimate of drug-likeness (QED) is 0.270. The Balaban J connectivity index is 1.31. The predicted molar refractivity (Wildman–Crippen MR) is 160 cm³/mol. The van der Waals surface area contributed by atoms with Crippen LogP contribution in [-0.4, -0.2) is 78.4 Å². The van der Waals surface area contributed by atoms with Gasteiger partial charge in [0.2, 0.25) is 6.29 Å². The zero-order chi connectivity index (χ0) is 31.9. The first-order valence-corrected chi connectivity index (χ1v) is 15.2. The number of pyridine rings is 1. The van der Waals surface area contributed by atoms with Crippen LogP contribution in [0.15, 0.2) is 72.2 Å². The molecule has 1 saturated heterocycles. The van der Waals surface area contributed by atoms with Crippen molar-refractivity contribution in [2.75, 3.05) is 12.3 Å². The van der Waals surface area contributed by atoms with Crippen LogP contribution in [0.5, 0.6) is 5.75 Å². The number of allylic oxidation sites excluding steroid dienone is 4. The van der Waals surface area contributed by atoms with Gasteiger partial charge in [0.15, 0.2) is 11.6 Å². The first kappa shape index (κ1) is 29.8. The monoisotopic (exact) mass is 616 g/mol. The maximum atomic E-state index is 13.8. The minimum absolute atomic E-state index is 0.0830. The first-order chi connectivity index (χ1) is 21.5. The fourth-order valence-electron chi connectivity index (χ4n) is 8.46. The fraction of sp³-hybridized carbons (Fsp3) is 0.441. The highest BCUT2D eigenvalue weighted by molar-refractivity contribution is 6.19. The third kappa shape index (κ3) is 4.11. The topological polar surface area (TPSA) is 193 Å². The van der Waals surface area contributed by atoms with E-state index in [9.17, 15) is 35.1 Å². The third-order valence-electron chi connectivity index (χ3n) is 10.6. The van der Waals surface area contributed by atoms with Gasteiger partial charge in [-0.25, -0.2) is 4.98 Å². The molecule has 7 rings (SSSR count). The average molecular weight is 617 g/mol. The Kier molecular flexibility index (Phi) is 6.84. The smallest absolute Gasteiger partial charge is 0.230 e. The Morgan fingerprint density at radius 3 is 2.60 bits per heavy atom. The van der Waals surface area contributed by atoms with Gasteiger partial charge in [0.25, 0.3) is 0 Å². The van der Waals surface area contributed by atoms with Crippen molar-refractivity contribution in [3.05, 3.63) is 88.9 Å². The number of ether oxygens (including phenoxy) is 2. The minimum atomic E-state index is -2.28. The normalized spacial score (nSPS) is 36.6. The zero-order valence-electron chi connectivity index (χ0n) is 24.7. The Bertz CT molecular complexity index is 1680. The van der Waals surface area contributed by atoms with Crippen LogP contribution in [-0.2, 0) is 10.2 Å². The lowest BCUT2D eigenvalue weighted by atomic mass is 9.55. The van der Waals surface area contributed by atoms with E-state index in [1.165, 1.54) is 30.4 Å². The largest absolute Gasteiger partial charge is 0.511 e. The molecule has 1 aromatic carbocycles. The minimum Gasteiger partial charge on any atom is -0.511 e. The molecule has 8 atom stereocenters. The van der Waals surface area contributed by atoms with E-state index in [4.69, 9.17) is 15.2 Å². The molecule has 11 nitrogen and oxygen atoms in total. The van der Waals surface area contributed by atoms with Crippen LogP contribution in [0.2, 0.25) is 0 Å². The molecule has 2 aromatic rings. The number of nitrogens with zero attached hydrogens (tertiary/aromatic N) is 1. The summed E-state index contributed by atoms with van der Waals surface area (Å²) in [5, 5.41) is 57.3. The highest BCUT2D eigenvalue weighted by atomic mass is 16.7. The average Bonchev–Trinajstić information content (AvgIpc) is 3.51. The van der Waals surface area contributed by atoms with E-state index in [0.717, 1.165) is 18.4 Å². The standard InChI is InChI=1S/C34H36N2O9/c1-17-13-20-25(21(38)14-17)28(40)26-19(27(20)39)5-4-6-22(26)44-30-29(41)34(43)23(7-11-33(16-37,45-30)31(34)42)32(9-2-3-10-32)18-8-12-36-24(35)15-18/h4-8,11-15,20,23,25,29-31,37-38,41-43H,2-3,9-10,16H2,1H3,(H2,35,36). The summed E-state index contributed by atoms with van der Waals surface area (Å²) in [5.74, 6) is -3.81. The zero-order valence-corrected chi connectivity index (χ0v) is 24.7. The number of rotatable bonds is 5. The molecule has 8 unspecified atom stereocenters. The van der Waals surface area contributed by atoms with Crippen LogP contribution in [0.1, 0.15) is 58.9 Å². The number of nitrogens with two attached hydrogens (primary N) is 1. The Hall–Kier alpha value is -3.87. The molecule has 4 aliphatic carbocycles. The lowest BCUT2D eigenvalue weighted by molar-refractivity contribution is -0.354. The van der Waals surface area contributed by atoms with E-state index in [-0.39, 0.29) is 28.4 Å². The van der Waals surface area contributed by atoms with E-state index < -0.39 is 65.3 Å². The van der Waals surface area contributed by atoms with Crippen molar-refractivity contribution >= 4 is 17.4 Å². The van der Waals surface area contributed by atoms with Crippen molar-refractivity contribution in [1.29, 1.82) is 0 Å². The summed E-state index contributed by atoms with van der Waals surface area (Å²) in [6, 6.07) is 8.02. The van der Waals surface area contributed by atoms with Gasteiger partial charge in [0.05, 0.1) is 24.0 Å². The van der Waals surface area contributed by atoms with E-state index in [0.29, 0.717) is 24.2 Å². The van der Waals surface area contributed by atoms with Gasteiger partial charge in [-0.2, -0.15) is 0 Å². The summed E-state index contributed by atoms with van der Waals surface area (Å²) < 4.78 is 12.2. The molecule has 0 amide bonds. The number of aromatic nitrogens is 1. The number of carbonyl (C=O) groups excluding carboxylic acids is 2. The molecule has 2 fully saturated rings. The van der Waals surface area contributed by atoms with Gasteiger partial charge in [-0.05, 0) is 49.6 Å². The van der Waals surface area contributed by atoms with Gasteiger partial charge in [-0.1, -0.05) is 48.8 Å². The molecule has 2 heterocycles. The molecule has 7 N–H and O–H groups in total. The highest BCUT2D eigenvalue weighted by Gasteiger charge is 2.69. The number of anilines is 1. The van der Waals surface area contributed by atoms with E-state index >= 15 is 0 Å². The second kappa shape index (κ2) is 10.3. The number of aliphatic hydroxyl groups excluding tert-OH is 4. The van der Waals surface area contributed by atoms with Crippen LogP contribution < -0.4 is 10.5 Å². The summed E-state index contributed by atoms with van der Waals surface area (Å²) >= 11 is 0. The SMILES string of the molecule is CC1=CC2C(=O)c3cccc(OC4OC5(CO)C=CC(C6(c7ccnc(N)c7)CCCC6)C(O)(C4O)C5O)c3C(=O)C2C(O)=C1. The van der Waals surface area contributed by atoms with Crippen LogP contribution in [0.3, 0.4) is 0 Å². The van der Waals surface area contributed by atoms with Crippen LogP contribution >= 0.6 is 0 Å². The third-order valence-corrected chi connectivity index (χ3v) is 10.6. The summed E-state index contributed by atoms with van der Waals surface area (Å²) in [6.45, 7) is 0.981. The molecule has 0 spiro atoms. The number of hydrogen-bond acceptors (Lipinski definition) is 11. The Morgan fingerprint density at radius 1 is 1.13 bits per heavy atom. The van der Waals surface area contributed by atoms with Crippen molar-refractivity contribution in [2.45, 2.75) is 67.7 Å². The molecule has 1 aliphatic heterocycles. The fourth-order valence-corrected chi connectivity index (χ4v) is 8.46. The Labute approximate surface area is 259 Å². The number of ketones is 2. The molecule has 2 bridgehead atoms. The van der Waals surface area contributed by atoms with Crippen molar-refractivity contribution in [3.63, 3.8) is 0 Å². The molecule has 45 heavy (non-hydrogen) atoms. The van der Waals surface area contributed by atoms with Gasteiger partial charge in [-0.3, -0.25) is 9.59 Å². The summed E-state index contributed by atoms with van der Waals surface area (Å²) in [4.78, 5) is 31.5. The summed E-state index contributed by atoms with van der Waals surface area (Å²) in [5.41, 5.74) is 2.65. The number of aliphatic hydroxyl groups is 5. The van der Waals surface area contributed by atoms with Gasteiger partial charge < -0.3 is 40.7 Å². The summed E-state index contributed by atoms with van der Waals surface area (Å²) in [6.07, 6.45) is 5.48. The van der Waals surface area contributed by atoms with Crippen molar-refractivity contribution in [1.82, 2.24) is 4.98 Å². The number of fused-ring (bicyclic) bond motifs is 4. The van der Waals surface area contributed by atoms with Crippen LogP contribution in [0, 0.1) is 17.8 Å². The Morgan fingerprint density at radius 2 is 1.89 bits per heavy atom. The van der Waals surface area contributed by atoms with Crippen LogP contribution in [0.4, 0.5) is 5.82 Å². The number of Topliss-reactive ketones (excluding diaryl/α,β-unsaturated/α-hetero) is 2. The van der Waals surface area contributed by atoms with E-state index in [2.05, 4.69) is 4.98 Å². The lowest BCUT2D eigenvalue weighted by Crippen LogP contribution is -2.78. The molecule has 5 aliphatic rings. The van der Waals surface area contributed by atoms with Crippen molar-refractivity contribution in [2.24, 2.45) is 17.8 Å². The number of carbonyl (C=O) groups is 2. The van der Waals surface area contributed by atoms with Crippen molar-refractivity contribution in [3.8, 4) is 5.75 Å². The second-order valence-electron chi connectivity index (χ2n) is 13.0. The van der Waals surface area contributed by atoms with Gasteiger partial charge in [-0.15, -0.1) is 0 Å². The van der Waals surface area contributed by atoms with E-state index in [1.807, 2.05) is 6.07 Å². The molecule has 0 radical (unpaired) electrons. The molecule has 11 heteroatoms. The van der Waals surface area contributed by atoms with Crippen molar-refractivity contribution < 1.29 is 44.6 Å². The molecule has 1 saturated carbocycles. The number of hydrogen-bond donors (Lipinski definition) is 6. The number of benzene rings is 1. The lowest BCUT2D eigenvalue weighted by Gasteiger charge is -2.60. The highest BCUT2D eigenvalue weighted by Crippen LogP contribution is 2.57. The molecular weight excluding hydrogens is 580 g/mol. The van der Waals surface area contributed by atoms with Gasteiger partial charge in [0, 0.05) is 23.1 Å². The maximum Gasteiger partial charge on any atom is 0.230 e. The van der Waals surface area contributed by atoms with E-state index in [1.54, 1.807) is 31.3 Å². The predicted octanol–water partition coefficient (Wildman–Crippen LogP) is 2.29. The maximum absolute atomic E-state index is 13.8. The van der Waals surface area contributed by atoms with Gasteiger partial charge >= 0.3 is 0 Å². The van der Waals surface area contributed by atoms with Gasteiger partial charge in [0.1, 0.15) is 40.7 Å². The van der Waals surface area contributed by atoms with Crippen LogP contribution in [0.25, 0.3) is 0 Å². The molecular formula is C34H36N2O9. The second-order valence-corrected chi connectivity index (χ2v) is 13.0. The molecule has 1 aromatic heterocycles.